The molecule has 2 rings (SSSR count). The Hall–Kier alpha value is -1.41. The summed E-state index contributed by atoms with van der Waals surface area (Å²) in [5, 5.41) is 0. The second kappa shape index (κ2) is 14.0. The van der Waals surface area contributed by atoms with Gasteiger partial charge >= 0.3 is 0 Å². The van der Waals surface area contributed by atoms with Gasteiger partial charge in [0, 0.05) is 48.1 Å². The summed E-state index contributed by atoms with van der Waals surface area (Å²) >= 11 is 4.84. The molecule has 0 saturated heterocycles. The summed E-state index contributed by atoms with van der Waals surface area (Å²) in [7, 11) is 0. The smallest absolute Gasteiger partial charge is 0.267 e. The molecule has 0 bridgehead atoms. The van der Waals surface area contributed by atoms with E-state index < -0.39 is 0 Å². The molecule has 10 heteroatoms. The maximum atomic E-state index is 11.2. The lowest BCUT2D eigenvalue weighted by molar-refractivity contribution is -0.138. The number of thioether (sulfide) groups is 1. The van der Waals surface area contributed by atoms with Crippen molar-refractivity contribution in [1.82, 2.24) is 9.80 Å². The molecule has 0 aromatic carbocycles. The molecule has 0 fully saturated rings. The number of nitrogens with zero attached hydrogens (tertiary/aromatic N) is 2. The monoisotopic (exact) mass is 366 g/mol. The predicted molar refractivity (Wildman–Crippen MR) is 102 cm³/mol. The standard InChI is InChI=1S/C7H9NO2S.C6H7NO2.CH4S.2B/c1-3-8-6(9)4-5(11-2)7(8)10;1-2-7-5(8)3-4-6(7)9;1-2;;/h4H,3H2,1-2H3;3-4H,2H2,1H3;2H,1H3;;. The minimum absolute atomic E-state index is 0. The normalized spacial score (nSPS) is 15.0. The van der Waals surface area contributed by atoms with E-state index in [-0.39, 0.29) is 40.5 Å². The Balaban J connectivity index is -0.000000313. The number of likely N-dealkylation sites (N-methyl/N-ethyl adjacent to an activating group) is 2. The zero-order chi connectivity index (χ0) is 17.3. The highest BCUT2D eigenvalue weighted by atomic mass is 32.2. The molecule has 4 amide bonds. The largest absolute Gasteiger partial charge is 0.276 e. The molecule has 24 heavy (non-hydrogen) atoms. The summed E-state index contributed by atoms with van der Waals surface area (Å²) in [6, 6.07) is 0. The SMILES string of the molecule is CCN1C(=O)C=C(SC)C1=O.CCN1C(=O)C=CC1=O.CS.[B].[B]. The van der Waals surface area contributed by atoms with Crippen molar-refractivity contribution in [2.24, 2.45) is 0 Å². The minimum atomic E-state index is -0.206. The molecule has 2 heterocycles. The van der Waals surface area contributed by atoms with Crippen molar-refractivity contribution in [3.63, 3.8) is 0 Å². The average molecular weight is 366 g/mol. The fourth-order valence-corrected chi connectivity index (χ4v) is 2.18. The molecule has 0 unspecified atom stereocenters. The zero-order valence-corrected chi connectivity index (χ0v) is 15.9. The number of hydrogen-bond acceptors (Lipinski definition) is 6. The van der Waals surface area contributed by atoms with Gasteiger partial charge in [-0.15, -0.1) is 11.8 Å². The van der Waals surface area contributed by atoms with Crippen molar-refractivity contribution in [1.29, 1.82) is 0 Å². The third-order valence-electron chi connectivity index (χ3n) is 2.73. The fourth-order valence-electron chi connectivity index (χ4n) is 1.67. The molecule has 2 aliphatic rings. The Morgan fingerprint density at radius 3 is 1.50 bits per heavy atom. The van der Waals surface area contributed by atoms with Crippen molar-refractivity contribution < 1.29 is 19.2 Å². The first kappa shape index (κ1) is 27.4. The molecule has 0 atom stereocenters. The van der Waals surface area contributed by atoms with Gasteiger partial charge in [-0.05, 0) is 26.4 Å². The predicted octanol–water partition coefficient (Wildman–Crippen LogP) is 0.338. The summed E-state index contributed by atoms with van der Waals surface area (Å²) in [6.45, 7) is 4.47. The van der Waals surface area contributed by atoms with E-state index in [0.29, 0.717) is 18.0 Å². The van der Waals surface area contributed by atoms with Gasteiger partial charge in [0.05, 0.1) is 4.91 Å². The van der Waals surface area contributed by atoms with E-state index >= 15 is 0 Å². The summed E-state index contributed by atoms with van der Waals surface area (Å²) in [5.41, 5.74) is 0. The molecule has 0 saturated carbocycles. The van der Waals surface area contributed by atoms with E-state index in [4.69, 9.17) is 0 Å². The highest BCUT2D eigenvalue weighted by Gasteiger charge is 2.28. The maximum Gasteiger partial charge on any atom is 0.267 e. The molecule has 6 radical (unpaired) electrons. The first-order valence-corrected chi connectivity index (χ1v) is 8.67. The Morgan fingerprint density at radius 1 is 0.875 bits per heavy atom. The Bertz CT molecular complexity index is 507. The third kappa shape index (κ3) is 7.00. The van der Waals surface area contributed by atoms with E-state index in [9.17, 15) is 19.2 Å². The molecule has 0 aromatic rings. The van der Waals surface area contributed by atoms with Gasteiger partial charge in [0.15, 0.2) is 0 Å². The number of thiol groups is 1. The van der Waals surface area contributed by atoms with E-state index in [2.05, 4.69) is 12.6 Å². The number of carbonyl (C=O) groups is 4. The maximum absolute atomic E-state index is 11.2. The van der Waals surface area contributed by atoms with Crippen molar-refractivity contribution in [2.75, 3.05) is 25.6 Å². The number of imide groups is 2. The number of hydrogen-bond donors (Lipinski definition) is 1. The first-order valence-electron chi connectivity index (χ1n) is 6.56. The Morgan fingerprint density at radius 2 is 1.29 bits per heavy atom. The number of carbonyl (C=O) groups excluding carboxylic acids is 4. The molecule has 6 nitrogen and oxygen atoms in total. The second-order valence-corrected chi connectivity index (χ2v) is 4.70. The van der Waals surface area contributed by atoms with Gasteiger partial charge in [-0.3, -0.25) is 29.0 Å². The quantitative estimate of drug-likeness (QED) is 0.443. The van der Waals surface area contributed by atoms with E-state index in [0.717, 1.165) is 0 Å². The molecule has 2 aliphatic heterocycles. The fraction of sp³-hybridized carbons (Fsp3) is 0.429. The van der Waals surface area contributed by atoms with Crippen LogP contribution in [0.5, 0.6) is 0 Å². The lowest BCUT2D eigenvalue weighted by Crippen LogP contribution is -2.30. The van der Waals surface area contributed by atoms with Crippen molar-refractivity contribution in [3.05, 3.63) is 23.1 Å². The molecular formula is C14H20B2N2O4S2. The summed E-state index contributed by atoms with van der Waals surface area (Å²) < 4.78 is 0. The van der Waals surface area contributed by atoms with Crippen molar-refractivity contribution in [3.8, 4) is 0 Å². The molecule has 128 valence electrons. The van der Waals surface area contributed by atoms with Crippen LogP contribution in [0.25, 0.3) is 0 Å². The van der Waals surface area contributed by atoms with Gasteiger partial charge in [-0.25, -0.2) is 0 Å². The van der Waals surface area contributed by atoms with Crippen LogP contribution in [0.15, 0.2) is 23.1 Å². The van der Waals surface area contributed by atoms with Gasteiger partial charge in [0.25, 0.3) is 23.6 Å². The van der Waals surface area contributed by atoms with Crippen LogP contribution in [0.1, 0.15) is 13.8 Å². The van der Waals surface area contributed by atoms with Gasteiger partial charge in [-0.1, -0.05) is 0 Å². The highest BCUT2D eigenvalue weighted by molar-refractivity contribution is 8.03. The minimum Gasteiger partial charge on any atom is -0.276 e. The van der Waals surface area contributed by atoms with E-state index in [1.54, 1.807) is 26.4 Å². The van der Waals surface area contributed by atoms with Crippen LogP contribution in [-0.2, 0) is 19.2 Å². The molecule has 0 aliphatic carbocycles. The van der Waals surface area contributed by atoms with E-state index in [1.165, 1.54) is 39.8 Å². The first-order chi connectivity index (χ1) is 10.5. The van der Waals surface area contributed by atoms with Gasteiger partial charge in [-0.2, -0.15) is 12.6 Å². The van der Waals surface area contributed by atoms with Gasteiger partial charge in [0.2, 0.25) is 0 Å². The topological polar surface area (TPSA) is 74.8 Å². The van der Waals surface area contributed by atoms with E-state index in [1.807, 2.05) is 0 Å². The van der Waals surface area contributed by atoms with Gasteiger partial charge < -0.3 is 0 Å². The van der Waals surface area contributed by atoms with Crippen molar-refractivity contribution in [2.45, 2.75) is 13.8 Å². The zero-order valence-electron chi connectivity index (χ0n) is 14.2. The summed E-state index contributed by atoms with van der Waals surface area (Å²) in [4.78, 5) is 46.4. The van der Waals surface area contributed by atoms with Crippen LogP contribution in [0.4, 0.5) is 0 Å². The average Bonchev–Trinajstić information content (AvgIpc) is 3.00. The second-order valence-electron chi connectivity index (χ2n) is 3.85. The Kier molecular flexibility index (Phi) is 16.0. The lowest BCUT2D eigenvalue weighted by atomic mass is 10.5. The number of amides is 4. The summed E-state index contributed by atoms with van der Waals surface area (Å²) in [6.07, 6.45) is 7.43. The molecule has 0 N–H and O–H groups in total. The van der Waals surface area contributed by atoms with Crippen LogP contribution >= 0.6 is 24.4 Å². The molecule has 0 aromatic heterocycles. The lowest BCUT2D eigenvalue weighted by Gasteiger charge is -2.09. The summed E-state index contributed by atoms with van der Waals surface area (Å²) in [5.74, 6) is -0.767. The van der Waals surface area contributed by atoms with Crippen LogP contribution < -0.4 is 0 Å². The van der Waals surface area contributed by atoms with Crippen LogP contribution in [0, 0.1) is 0 Å². The van der Waals surface area contributed by atoms with Crippen molar-refractivity contribution >= 4 is 64.8 Å². The van der Waals surface area contributed by atoms with Crippen LogP contribution in [-0.4, -0.2) is 75.9 Å². The highest BCUT2D eigenvalue weighted by Crippen LogP contribution is 2.20. The van der Waals surface area contributed by atoms with Crippen LogP contribution in [0.3, 0.4) is 0 Å². The van der Waals surface area contributed by atoms with Crippen LogP contribution in [0.2, 0.25) is 0 Å². The van der Waals surface area contributed by atoms with Gasteiger partial charge in [0.1, 0.15) is 0 Å². The molecular weight excluding hydrogens is 346 g/mol. The Labute approximate surface area is 156 Å². The number of rotatable bonds is 3. The molecule has 0 spiro atoms. The third-order valence-corrected chi connectivity index (χ3v) is 3.46.